The fourth-order valence-corrected chi connectivity index (χ4v) is 3.54. The number of carbonyl (C=O) groups excluding carboxylic acids is 2. The van der Waals surface area contributed by atoms with Crippen molar-refractivity contribution >= 4 is 28.5 Å². The van der Waals surface area contributed by atoms with Gasteiger partial charge in [0.15, 0.2) is 0 Å². The van der Waals surface area contributed by atoms with Gasteiger partial charge in [0, 0.05) is 11.3 Å². The maximum atomic E-state index is 12.8. The van der Waals surface area contributed by atoms with Crippen LogP contribution in [0.3, 0.4) is 0 Å². The van der Waals surface area contributed by atoms with Gasteiger partial charge in [-0.2, -0.15) is 5.26 Å². The molecule has 7 heteroatoms. The van der Waals surface area contributed by atoms with Crippen molar-refractivity contribution in [3.8, 4) is 6.07 Å². The number of rotatable bonds is 6. The van der Waals surface area contributed by atoms with Crippen LogP contribution in [-0.2, 0) is 11.3 Å². The average Bonchev–Trinajstić information content (AvgIpc) is 3.18. The largest absolute Gasteiger partial charge is 0.342 e. The first-order chi connectivity index (χ1) is 15.5. The van der Waals surface area contributed by atoms with Crippen molar-refractivity contribution < 1.29 is 9.59 Å². The average molecular weight is 423 g/mol. The molecule has 1 aromatic heterocycles. The predicted octanol–water partition coefficient (Wildman–Crippen LogP) is 4.04. The van der Waals surface area contributed by atoms with Gasteiger partial charge in [-0.05, 0) is 49.4 Å². The number of amides is 2. The van der Waals surface area contributed by atoms with Gasteiger partial charge in [0.2, 0.25) is 5.91 Å². The number of fused-ring (bicyclic) bond motifs is 1. The Labute approximate surface area is 185 Å². The molecule has 4 rings (SSSR count). The van der Waals surface area contributed by atoms with E-state index in [0.29, 0.717) is 22.6 Å². The molecule has 0 aliphatic heterocycles. The van der Waals surface area contributed by atoms with E-state index in [9.17, 15) is 9.59 Å². The molecule has 4 aromatic rings. The van der Waals surface area contributed by atoms with Crippen LogP contribution in [0, 0.1) is 11.3 Å². The fraction of sp³-hybridized carbons (Fsp3) is 0.120. The molecule has 0 unspecified atom stereocenters. The Bertz CT molecular complexity index is 1320. The predicted molar refractivity (Wildman–Crippen MR) is 122 cm³/mol. The zero-order valence-corrected chi connectivity index (χ0v) is 17.4. The number of nitrogens with zero attached hydrogens (tertiary/aromatic N) is 3. The number of hydrogen-bond acceptors (Lipinski definition) is 4. The highest BCUT2D eigenvalue weighted by Gasteiger charge is 2.20. The van der Waals surface area contributed by atoms with Crippen molar-refractivity contribution in [2.75, 3.05) is 5.32 Å². The molecule has 0 aliphatic rings. The maximum Gasteiger partial charge on any atom is 0.251 e. The summed E-state index contributed by atoms with van der Waals surface area (Å²) in [6.07, 6.45) is 0. The minimum Gasteiger partial charge on any atom is -0.342 e. The van der Waals surface area contributed by atoms with E-state index in [4.69, 9.17) is 5.26 Å². The molecule has 1 heterocycles. The van der Waals surface area contributed by atoms with Crippen molar-refractivity contribution in [3.05, 3.63) is 95.8 Å². The number of benzene rings is 3. The first kappa shape index (κ1) is 20.8. The third-order valence-electron chi connectivity index (χ3n) is 5.03. The zero-order chi connectivity index (χ0) is 22.5. The van der Waals surface area contributed by atoms with Gasteiger partial charge in [-0.25, -0.2) is 4.98 Å². The van der Waals surface area contributed by atoms with Gasteiger partial charge in [0.1, 0.15) is 12.4 Å². The Morgan fingerprint density at radius 1 is 1.03 bits per heavy atom. The fourth-order valence-electron chi connectivity index (χ4n) is 3.54. The molecule has 32 heavy (non-hydrogen) atoms. The first-order valence-corrected chi connectivity index (χ1v) is 10.2. The summed E-state index contributed by atoms with van der Waals surface area (Å²) in [5.74, 6) is 0.108. The molecule has 7 nitrogen and oxygen atoms in total. The van der Waals surface area contributed by atoms with Crippen LogP contribution in [0.25, 0.3) is 11.0 Å². The van der Waals surface area contributed by atoms with Crippen LogP contribution in [0.15, 0.2) is 78.9 Å². The quantitative estimate of drug-likeness (QED) is 0.489. The second-order valence-electron chi connectivity index (χ2n) is 7.35. The van der Waals surface area contributed by atoms with E-state index in [0.717, 1.165) is 11.0 Å². The molecular weight excluding hydrogens is 402 g/mol. The molecule has 0 bridgehead atoms. The Balaban J connectivity index is 1.59. The van der Waals surface area contributed by atoms with Crippen LogP contribution >= 0.6 is 0 Å². The van der Waals surface area contributed by atoms with E-state index in [1.54, 1.807) is 53.1 Å². The Morgan fingerprint density at radius 3 is 2.56 bits per heavy atom. The number of hydrogen-bond donors (Lipinski definition) is 2. The lowest BCUT2D eigenvalue weighted by atomic mass is 10.2. The SMILES string of the molecule is C[C@H](NC(=O)c1ccccc1)c1nc2ccccc2n1CC(=O)Nc1cccc(C#N)c1. The van der Waals surface area contributed by atoms with Gasteiger partial charge >= 0.3 is 0 Å². The molecule has 1 atom stereocenters. The Kier molecular flexibility index (Phi) is 5.95. The summed E-state index contributed by atoms with van der Waals surface area (Å²) >= 11 is 0. The number of carbonyl (C=O) groups is 2. The molecular formula is C25H21N5O2. The lowest BCUT2D eigenvalue weighted by Crippen LogP contribution is -2.30. The molecule has 158 valence electrons. The summed E-state index contributed by atoms with van der Waals surface area (Å²) in [7, 11) is 0. The van der Waals surface area contributed by atoms with E-state index in [1.165, 1.54) is 0 Å². The van der Waals surface area contributed by atoms with Crippen molar-refractivity contribution in [1.82, 2.24) is 14.9 Å². The lowest BCUT2D eigenvalue weighted by Gasteiger charge is -2.16. The molecule has 3 aromatic carbocycles. The summed E-state index contributed by atoms with van der Waals surface area (Å²) in [6, 6.07) is 24.8. The van der Waals surface area contributed by atoms with Crippen molar-refractivity contribution in [2.24, 2.45) is 0 Å². The number of aromatic nitrogens is 2. The van der Waals surface area contributed by atoms with Crippen molar-refractivity contribution in [1.29, 1.82) is 5.26 Å². The summed E-state index contributed by atoms with van der Waals surface area (Å²) in [5.41, 5.74) is 3.10. The number of nitrogens with one attached hydrogen (secondary N) is 2. The second-order valence-corrected chi connectivity index (χ2v) is 7.35. The Morgan fingerprint density at radius 2 is 1.78 bits per heavy atom. The van der Waals surface area contributed by atoms with Crippen molar-refractivity contribution in [2.45, 2.75) is 19.5 Å². The van der Waals surface area contributed by atoms with Crippen LogP contribution in [0.2, 0.25) is 0 Å². The molecule has 0 saturated carbocycles. The van der Waals surface area contributed by atoms with Gasteiger partial charge in [-0.3, -0.25) is 9.59 Å². The monoisotopic (exact) mass is 423 g/mol. The minimum absolute atomic E-state index is 0.0121. The molecule has 2 amide bonds. The summed E-state index contributed by atoms with van der Waals surface area (Å²) in [5, 5.41) is 14.9. The molecule has 0 radical (unpaired) electrons. The van der Waals surface area contributed by atoms with E-state index in [-0.39, 0.29) is 18.4 Å². The van der Waals surface area contributed by atoms with Gasteiger partial charge in [0.05, 0.1) is 28.7 Å². The lowest BCUT2D eigenvalue weighted by molar-refractivity contribution is -0.116. The second kappa shape index (κ2) is 9.14. The van der Waals surface area contributed by atoms with Gasteiger partial charge in [-0.15, -0.1) is 0 Å². The molecule has 0 fully saturated rings. The summed E-state index contributed by atoms with van der Waals surface area (Å²) in [4.78, 5) is 30.1. The highest BCUT2D eigenvalue weighted by Crippen LogP contribution is 2.21. The summed E-state index contributed by atoms with van der Waals surface area (Å²) < 4.78 is 1.80. The third-order valence-corrected chi connectivity index (χ3v) is 5.03. The topological polar surface area (TPSA) is 99.8 Å². The molecule has 2 N–H and O–H groups in total. The van der Waals surface area contributed by atoms with Crippen molar-refractivity contribution in [3.63, 3.8) is 0 Å². The Hall–Kier alpha value is -4.44. The van der Waals surface area contributed by atoms with E-state index in [1.807, 2.05) is 37.3 Å². The number of imidazole rings is 1. The standard InChI is InChI=1S/C25H21N5O2/c1-17(27-25(32)19-9-3-2-4-10-19)24-29-21-12-5-6-13-22(21)30(24)16-23(31)28-20-11-7-8-18(14-20)15-26/h2-14,17H,16H2,1H3,(H,27,32)(H,28,31)/t17-/m0/s1. The minimum atomic E-state index is -0.426. The van der Waals surface area contributed by atoms with Crippen LogP contribution in [0.4, 0.5) is 5.69 Å². The number of nitriles is 1. The van der Waals surface area contributed by atoms with E-state index < -0.39 is 6.04 Å². The molecule has 0 aliphatic carbocycles. The van der Waals surface area contributed by atoms with Crippen LogP contribution in [-0.4, -0.2) is 21.4 Å². The normalized spacial score (nSPS) is 11.5. The third kappa shape index (κ3) is 4.50. The van der Waals surface area contributed by atoms with E-state index in [2.05, 4.69) is 21.7 Å². The first-order valence-electron chi connectivity index (χ1n) is 10.2. The highest BCUT2D eigenvalue weighted by atomic mass is 16.2. The van der Waals surface area contributed by atoms with Gasteiger partial charge in [-0.1, -0.05) is 36.4 Å². The van der Waals surface area contributed by atoms with Gasteiger partial charge in [0.25, 0.3) is 5.91 Å². The number of anilines is 1. The molecule has 0 spiro atoms. The van der Waals surface area contributed by atoms with Crippen LogP contribution in [0.1, 0.15) is 34.7 Å². The van der Waals surface area contributed by atoms with Crippen LogP contribution in [0.5, 0.6) is 0 Å². The number of para-hydroxylation sites is 2. The summed E-state index contributed by atoms with van der Waals surface area (Å²) in [6.45, 7) is 1.85. The zero-order valence-electron chi connectivity index (χ0n) is 17.4. The van der Waals surface area contributed by atoms with E-state index >= 15 is 0 Å². The van der Waals surface area contributed by atoms with Crippen LogP contribution < -0.4 is 10.6 Å². The molecule has 0 saturated heterocycles. The smallest absolute Gasteiger partial charge is 0.251 e. The highest BCUT2D eigenvalue weighted by molar-refractivity contribution is 5.94. The maximum absolute atomic E-state index is 12.8. The van der Waals surface area contributed by atoms with Gasteiger partial charge < -0.3 is 15.2 Å².